The number of rotatable bonds is 9. The lowest BCUT2D eigenvalue weighted by Gasteiger charge is -2.12. The summed E-state index contributed by atoms with van der Waals surface area (Å²) in [6, 6.07) is 16.7. The standard InChI is InChI=1S/C20H25N3O3/c1-23(2)17-10-8-16(9-11-17)20(25)22-14-13-21-19(24)12-15-26-18-6-4-3-5-7-18/h3-11H,12-15H2,1-2H3,(H,21,24)(H,22,25). The van der Waals surface area contributed by atoms with E-state index in [9.17, 15) is 9.59 Å². The average molecular weight is 355 g/mol. The first kappa shape index (κ1) is 19.3. The molecule has 0 spiro atoms. The molecule has 2 aromatic carbocycles. The van der Waals surface area contributed by atoms with Gasteiger partial charge >= 0.3 is 0 Å². The van der Waals surface area contributed by atoms with Crippen molar-refractivity contribution in [3.63, 3.8) is 0 Å². The first-order valence-corrected chi connectivity index (χ1v) is 8.56. The van der Waals surface area contributed by atoms with Crippen molar-refractivity contribution < 1.29 is 14.3 Å². The van der Waals surface area contributed by atoms with E-state index in [4.69, 9.17) is 4.74 Å². The van der Waals surface area contributed by atoms with E-state index in [2.05, 4.69) is 10.6 Å². The number of para-hydroxylation sites is 1. The number of hydrogen-bond acceptors (Lipinski definition) is 4. The molecule has 0 bridgehead atoms. The topological polar surface area (TPSA) is 70.7 Å². The van der Waals surface area contributed by atoms with Crippen LogP contribution in [-0.2, 0) is 4.79 Å². The average Bonchev–Trinajstić information content (AvgIpc) is 2.66. The number of nitrogens with one attached hydrogen (secondary N) is 2. The van der Waals surface area contributed by atoms with E-state index < -0.39 is 0 Å². The number of nitrogens with zero attached hydrogens (tertiary/aromatic N) is 1. The largest absolute Gasteiger partial charge is 0.493 e. The highest BCUT2D eigenvalue weighted by molar-refractivity contribution is 5.94. The van der Waals surface area contributed by atoms with Crippen LogP contribution in [0.4, 0.5) is 5.69 Å². The van der Waals surface area contributed by atoms with Crippen molar-refractivity contribution in [2.24, 2.45) is 0 Å². The number of carbonyl (C=O) groups is 2. The summed E-state index contributed by atoms with van der Waals surface area (Å²) in [5, 5.41) is 5.55. The molecule has 6 heteroatoms. The summed E-state index contributed by atoms with van der Waals surface area (Å²) in [6.45, 7) is 1.08. The second-order valence-electron chi connectivity index (χ2n) is 5.96. The molecule has 0 saturated heterocycles. The molecule has 26 heavy (non-hydrogen) atoms. The van der Waals surface area contributed by atoms with Crippen molar-refractivity contribution in [2.75, 3.05) is 38.7 Å². The van der Waals surface area contributed by atoms with E-state index in [1.807, 2.05) is 61.5 Å². The van der Waals surface area contributed by atoms with Gasteiger partial charge in [0.2, 0.25) is 5.91 Å². The Morgan fingerprint density at radius 2 is 1.58 bits per heavy atom. The van der Waals surface area contributed by atoms with Crippen molar-refractivity contribution in [2.45, 2.75) is 6.42 Å². The van der Waals surface area contributed by atoms with E-state index in [-0.39, 0.29) is 18.2 Å². The minimum atomic E-state index is -0.156. The van der Waals surface area contributed by atoms with Crippen molar-refractivity contribution in [3.8, 4) is 5.75 Å². The zero-order valence-electron chi connectivity index (χ0n) is 15.2. The maximum absolute atomic E-state index is 12.0. The van der Waals surface area contributed by atoms with Gasteiger partial charge in [-0.1, -0.05) is 18.2 Å². The first-order valence-electron chi connectivity index (χ1n) is 8.56. The second kappa shape index (κ2) is 10.1. The molecular weight excluding hydrogens is 330 g/mol. The Morgan fingerprint density at radius 3 is 2.23 bits per heavy atom. The van der Waals surface area contributed by atoms with Gasteiger partial charge in [-0.3, -0.25) is 9.59 Å². The highest BCUT2D eigenvalue weighted by Gasteiger charge is 2.06. The number of amides is 2. The van der Waals surface area contributed by atoms with Crippen LogP contribution in [0.3, 0.4) is 0 Å². The molecule has 0 heterocycles. The first-order chi connectivity index (χ1) is 12.6. The van der Waals surface area contributed by atoms with Gasteiger partial charge < -0.3 is 20.3 Å². The Labute approximate surface area is 154 Å². The van der Waals surface area contributed by atoms with Crippen LogP contribution in [0.1, 0.15) is 16.8 Å². The lowest BCUT2D eigenvalue weighted by Crippen LogP contribution is -2.35. The van der Waals surface area contributed by atoms with E-state index in [0.717, 1.165) is 11.4 Å². The van der Waals surface area contributed by atoms with E-state index in [1.54, 1.807) is 12.1 Å². The molecule has 0 aliphatic rings. The molecule has 0 aromatic heterocycles. The quantitative estimate of drug-likeness (QED) is 0.676. The highest BCUT2D eigenvalue weighted by atomic mass is 16.5. The monoisotopic (exact) mass is 355 g/mol. The Morgan fingerprint density at radius 1 is 0.923 bits per heavy atom. The maximum atomic E-state index is 12.0. The van der Waals surface area contributed by atoms with Crippen LogP contribution in [-0.4, -0.2) is 45.6 Å². The van der Waals surface area contributed by atoms with E-state index in [1.165, 1.54) is 0 Å². The summed E-state index contributed by atoms with van der Waals surface area (Å²) in [4.78, 5) is 25.8. The summed E-state index contributed by atoms with van der Waals surface area (Å²) in [5.41, 5.74) is 1.63. The molecule has 0 fully saturated rings. The molecule has 2 amide bonds. The molecule has 2 aromatic rings. The van der Waals surface area contributed by atoms with Crippen molar-refractivity contribution in [1.82, 2.24) is 10.6 Å². The summed E-state index contributed by atoms with van der Waals surface area (Å²) >= 11 is 0. The lowest BCUT2D eigenvalue weighted by atomic mass is 10.2. The van der Waals surface area contributed by atoms with Crippen LogP contribution in [0.15, 0.2) is 54.6 Å². The van der Waals surface area contributed by atoms with Gasteiger partial charge in [-0.05, 0) is 36.4 Å². The summed E-state index contributed by atoms with van der Waals surface area (Å²) in [5.74, 6) is 0.482. The maximum Gasteiger partial charge on any atom is 0.251 e. The van der Waals surface area contributed by atoms with Gasteiger partial charge in [-0.2, -0.15) is 0 Å². The predicted octanol–water partition coefficient (Wildman–Crippen LogP) is 2.07. The molecule has 2 N–H and O–H groups in total. The van der Waals surface area contributed by atoms with Crippen LogP contribution in [0.5, 0.6) is 5.75 Å². The molecule has 0 saturated carbocycles. The fourth-order valence-electron chi connectivity index (χ4n) is 2.26. The zero-order valence-corrected chi connectivity index (χ0v) is 15.2. The van der Waals surface area contributed by atoms with Crippen molar-refractivity contribution in [1.29, 1.82) is 0 Å². The smallest absolute Gasteiger partial charge is 0.251 e. The normalized spacial score (nSPS) is 10.1. The molecule has 0 atom stereocenters. The molecule has 2 rings (SSSR count). The van der Waals surface area contributed by atoms with E-state index in [0.29, 0.717) is 25.3 Å². The third-order valence-electron chi connectivity index (χ3n) is 3.72. The van der Waals surface area contributed by atoms with Crippen molar-refractivity contribution >= 4 is 17.5 Å². The number of ether oxygens (including phenoxy) is 1. The lowest BCUT2D eigenvalue weighted by molar-refractivity contribution is -0.121. The number of hydrogen-bond donors (Lipinski definition) is 2. The third kappa shape index (κ3) is 6.47. The van der Waals surface area contributed by atoms with Gasteiger partial charge in [0, 0.05) is 38.4 Å². The Hall–Kier alpha value is -3.02. The summed E-state index contributed by atoms with van der Waals surface area (Å²) in [6.07, 6.45) is 0.273. The van der Waals surface area contributed by atoms with Crippen LogP contribution < -0.4 is 20.3 Å². The van der Waals surface area contributed by atoms with Crippen LogP contribution >= 0.6 is 0 Å². The van der Waals surface area contributed by atoms with Gasteiger partial charge in [0.15, 0.2) is 0 Å². The van der Waals surface area contributed by atoms with Gasteiger partial charge in [-0.25, -0.2) is 0 Å². The Balaban J connectivity index is 1.60. The molecule has 138 valence electrons. The molecule has 0 aliphatic heterocycles. The number of anilines is 1. The SMILES string of the molecule is CN(C)c1ccc(C(=O)NCCNC(=O)CCOc2ccccc2)cc1. The fraction of sp³-hybridized carbons (Fsp3) is 0.300. The minimum absolute atomic E-state index is 0.106. The molecule has 0 unspecified atom stereocenters. The van der Waals surface area contributed by atoms with Gasteiger partial charge in [0.1, 0.15) is 5.75 Å². The second-order valence-corrected chi connectivity index (χ2v) is 5.96. The number of benzene rings is 2. The highest BCUT2D eigenvalue weighted by Crippen LogP contribution is 2.12. The van der Waals surface area contributed by atoms with Gasteiger partial charge in [0.05, 0.1) is 13.0 Å². The van der Waals surface area contributed by atoms with Gasteiger partial charge in [0.25, 0.3) is 5.91 Å². The predicted molar refractivity (Wildman–Crippen MR) is 103 cm³/mol. The van der Waals surface area contributed by atoms with E-state index >= 15 is 0 Å². The molecule has 6 nitrogen and oxygen atoms in total. The fourth-order valence-corrected chi connectivity index (χ4v) is 2.26. The van der Waals surface area contributed by atoms with Gasteiger partial charge in [-0.15, -0.1) is 0 Å². The summed E-state index contributed by atoms with van der Waals surface area (Å²) in [7, 11) is 3.89. The van der Waals surface area contributed by atoms with Crippen LogP contribution in [0, 0.1) is 0 Å². The van der Waals surface area contributed by atoms with Crippen molar-refractivity contribution in [3.05, 3.63) is 60.2 Å². The molecule has 0 aliphatic carbocycles. The molecule has 0 radical (unpaired) electrons. The number of carbonyl (C=O) groups excluding carboxylic acids is 2. The minimum Gasteiger partial charge on any atom is -0.493 e. The van der Waals surface area contributed by atoms with Crippen LogP contribution in [0.2, 0.25) is 0 Å². The Kier molecular flexibility index (Phi) is 7.49. The summed E-state index contributed by atoms with van der Waals surface area (Å²) < 4.78 is 5.47. The zero-order chi connectivity index (χ0) is 18.8. The Bertz CT molecular complexity index is 700. The molecular formula is C20H25N3O3. The van der Waals surface area contributed by atoms with Crippen LogP contribution in [0.25, 0.3) is 0 Å². The third-order valence-corrected chi connectivity index (χ3v) is 3.72.